The number of thiocarbonyl (C=S) groups is 1. The number of hydrogen-bond acceptors (Lipinski definition) is 2. The van der Waals surface area contributed by atoms with E-state index >= 15 is 0 Å². The number of carboxylic acids is 1. The van der Waals surface area contributed by atoms with E-state index in [1.54, 1.807) is 0 Å². The van der Waals surface area contributed by atoms with Gasteiger partial charge >= 0.3 is 5.97 Å². The first-order valence-electron chi connectivity index (χ1n) is 6.24. The van der Waals surface area contributed by atoms with Crippen molar-refractivity contribution in [3.8, 4) is 0 Å². The average Bonchev–Trinajstić information content (AvgIpc) is 2.73. The zero-order valence-corrected chi connectivity index (χ0v) is 11.0. The molecule has 2 N–H and O–H groups in total. The quantitative estimate of drug-likeness (QED) is 0.801. The van der Waals surface area contributed by atoms with Gasteiger partial charge in [0.05, 0.1) is 4.99 Å². The largest absolute Gasteiger partial charge is 0.480 e. The van der Waals surface area contributed by atoms with Gasteiger partial charge in [0.25, 0.3) is 0 Å². The normalized spacial score (nSPS) is 22.8. The van der Waals surface area contributed by atoms with Gasteiger partial charge in [-0.15, -0.1) is 0 Å². The van der Waals surface area contributed by atoms with Gasteiger partial charge in [0.1, 0.15) is 6.04 Å². The topological polar surface area (TPSA) is 49.3 Å². The van der Waals surface area contributed by atoms with Crippen molar-refractivity contribution in [2.45, 2.75) is 31.7 Å². The maximum absolute atomic E-state index is 10.9. The Bertz CT molecular complexity index is 433. The predicted octanol–water partition coefficient (Wildman–Crippen LogP) is 2.40. The molecule has 2 atom stereocenters. The molecule has 18 heavy (non-hydrogen) atoms. The van der Waals surface area contributed by atoms with Crippen LogP contribution in [0, 0.1) is 5.92 Å². The Morgan fingerprint density at radius 3 is 2.72 bits per heavy atom. The second kappa shape index (κ2) is 5.96. The second-order valence-electron chi connectivity index (χ2n) is 4.71. The molecule has 0 aromatic heterocycles. The summed E-state index contributed by atoms with van der Waals surface area (Å²) in [6, 6.07) is 9.84. The molecule has 1 aliphatic rings. The molecule has 0 aliphatic carbocycles. The summed E-state index contributed by atoms with van der Waals surface area (Å²) >= 11 is 5.19. The highest BCUT2D eigenvalue weighted by Crippen LogP contribution is 2.22. The van der Waals surface area contributed by atoms with E-state index in [4.69, 9.17) is 17.3 Å². The third kappa shape index (κ3) is 3.29. The molecule has 96 valence electrons. The Balaban J connectivity index is 1.78. The van der Waals surface area contributed by atoms with Gasteiger partial charge in [-0.25, -0.2) is 4.79 Å². The molecule has 1 aliphatic heterocycles. The molecule has 0 saturated carbocycles. The fourth-order valence-corrected chi connectivity index (χ4v) is 2.71. The molecule has 4 heteroatoms. The first-order valence-corrected chi connectivity index (χ1v) is 6.65. The highest BCUT2D eigenvalue weighted by molar-refractivity contribution is 7.80. The number of carbonyl (C=O) groups is 1. The monoisotopic (exact) mass is 263 g/mol. The number of hydrogen-bond donors (Lipinski definition) is 2. The van der Waals surface area contributed by atoms with Crippen LogP contribution in [0.15, 0.2) is 30.3 Å². The molecule has 1 saturated heterocycles. The maximum Gasteiger partial charge on any atom is 0.326 e. The first-order chi connectivity index (χ1) is 8.66. The van der Waals surface area contributed by atoms with E-state index in [-0.39, 0.29) is 5.92 Å². The lowest BCUT2D eigenvalue weighted by molar-refractivity contribution is -0.138. The van der Waals surface area contributed by atoms with Crippen LogP contribution in [0.2, 0.25) is 0 Å². The minimum absolute atomic E-state index is 0.227. The molecule has 0 amide bonds. The molecule has 0 bridgehead atoms. The van der Waals surface area contributed by atoms with Gasteiger partial charge in [-0.3, -0.25) is 0 Å². The van der Waals surface area contributed by atoms with Crippen LogP contribution >= 0.6 is 12.2 Å². The van der Waals surface area contributed by atoms with Crippen LogP contribution < -0.4 is 5.32 Å². The number of aryl methyl sites for hydroxylation is 1. The predicted molar refractivity (Wildman–Crippen MR) is 74.6 cm³/mol. The van der Waals surface area contributed by atoms with E-state index in [9.17, 15) is 4.79 Å². The van der Waals surface area contributed by atoms with E-state index < -0.39 is 12.0 Å². The van der Waals surface area contributed by atoms with Gasteiger partial charge in [0, 0.05) is 5.92 Å². The fraction of sp³-hybridized carbons (Fsp3) is 0.429. The van der Waals surface area contributed by atoms with E-state index in [1.807, 2.05) is 18.2 Å². The SMILES string of the molecule is O=C(O)[C@@H]1C[C@H](CCCc2ccccc2)C(=S)N1. The van der Waals surface area contributed by atoms with Gasteiger partial charge in [0.2, 0.25) is 0 Å². The summed E-state index contributed by atoms with van der Waals surface area (Å²) in [6.45, 7) is 0. The van der Waals surface area contributed by atoms with Crippen molar-refractivity contribution >= 4 is 23.2 Å². The Labute approximate surface area is 112 Å². The van der Waals surface area contributed by atoms with E-state index in [0.29, 0.717) is 6.42 Å². The lowest BCUT2D eigenvalue weighted by Crippen LogP contribution is -2.32. The third-order valence-corrected chi connectivity index (χ3v) is 3.82. The third-order valence-electron chi connectivity index (χ3n) is 3.37. The van der Waals surface area contributed by atoms with Gasteiger partial charge in [0.15, 0.2) is 0 Å². The van der Waals surface area contributed by atoms with E-state index in [1.165, 1.54) is 5.56 Å². The first kappa shape index (κ1) is 13.0. The Morgan fingerprint density at radius 1 is 1.39 bits per heavy atom. The minimum atomic E-state index is -0.803. The highest BCUT2D eigenvalue weighted by Gasteiger charge is 2.32. The molecule has 1 heterocycles. The van der Waals surface area contributed by atoms with Crippen molar-refractivity contribution in [3.63, 3.8) is 0 Å². The molecule has 1 aromatic rings. The molecule has 0 radical (unpaired) electrons. The molecule has 1 fully saturated rings. The van der Waals surface area contributed by atoms with Gasteiger partial charge < -0.3 is 10.4 Å². The van der Waals surface area contributed by atoms with Crippen LogP contribution in [0.25, 0.3) is 0 Å². The van der Waals surface area contributed by atoms with Crippen molar-refractivity contribution in [1.82, 2.24) is 5.32 Å². The number of carboxylic acid groups (broad SMARTS) is 1. The minimum Gasteiger partial charge on any atom is -0.480 e. The number of nitrogens with one attached hydrogen (secondary N) is 1. The van der Waals surface area contributed by atoms with Crippen molar-refractivity contribution in [3.05, 3.63) is 35.9 Å². The summed E-state index contributed by atoms with van der Waals surface area (Å²) in [4.78, 5) is 11.6. The summed E-state index contributed by atoms with van der Waals surface area (Å²) in [5, 5.41) is 11.8. The summed E-state index contributed by atoms with van der Waals surface area (Å²) in [7, 11) is 0. The molecule has 1 aromatic carbocycles. The Kier molecular flexibility index (Phi) is 4.31. The standard InChI is InChI=1S/C14H17NO2S/c16-14(17)12-9-11(13(18)15-12)8-4-7-10-5-2-1-3-6-10/h1-3,5-6,11-12H,4,7-9H2,(H,15,18)(H,16,17)/t11-,12-/m0/s1. The Morgan fingerprint density at radius 2 is 2.11 bits per heavy atom. The lowest BCUT2D eigenvalue weighted by atomic mass is 9.97. The lowest BCUT2D eigenvalue weighted by Gasteiger charge is -2.08. The zero-order valence-electron chi connectivity index (χ0n) is 10.1. The summed E-state index contributed by atoms with van der Waals surface area (Å²) in [6.07, 6.45) is 3.66. The number of rotatable bonds is 5. The molecule has 2 rings (SSSR count). The molecular formula is C14H17NO2S. The van der Waals surface area contributed by atoms with Gasteiger partial charge in [-0.1, -0.05) is 42.5 Å². The van der Waals surface area contributed by atoms with E-state index in [2.05, 4.69) is 17.4 Å². The number of aliphatic carboxylic acids is 1. The van der Waals surface area contributed by atoms with Crippen LogP contribution in [0.4, 0.5) is 0 Å². The number of benzene rings is 1. The molecule has 0 spiro atoms. The molecule has 3 nitrogen and oxygen atoms in total. The van der Waals surface area contributed by atoms with E-state index in [0.717, 1.165) is 24.3 Å². The highest BCUT2D eigenvalue weighted by atomic mass is 32.1. The van der Waals surface area contributed by atoms with Crippen molar-refractivity contribution in [2.75, 3.05) is 0 Å². The smallest absolute Gasteiger partial charge is 0.326 e. The van der Waals surface area contributed by atoms with Crippen LogP contribution in [0.3, 0.4) is 0 Å². The summed E-state index contributed by atoms with van der Waals surface area (Å²) < 4.78 is 0. The van der Waals surface area contributed by atoms with Crippen LogP contribution in [0.5, 0.6) is 0 Å². The van der Waals surface area contributed by atoms with Crippen LogP contribution in [-0.2, 0) is 11.2 Å². The Hall–Kier alpha value is -1.42. The maximum atomic E-state index is 10.9. The van der Waals surface area contributed by atoms with Crippen molar-refractivity contribution < 1.29 is 9.90 Å². The second-order valence-corrected chi connectivity index (χ2v) is 5.15. The molecular weight excluding hydrogens is 246 g/mol. The molecule has 0 unspecified atom stereocenters. The average molecular weight is 263 g/mol. The van der Waals surface area contributed by atoms with Crippen LogP contribution in [0.1, 0.15) is 24.8 Å². The summed E-state index contributed by atoms with van der Waals surface area (Å²) in [5.41, 5.74) is 1.32. The summed E-state index contributed by atoms with van der Waals surface area (Å²) in [5.74, 6) is -0.576. The zero-order chi connectivity index (χ0) is 13.0. The van der Waals surface area contributed by atoms with Crippen molar-refractivity contribution in [1.29, 1.82) is 0 Å². The van der Waals surface area contributed by atoms with Gasteiger partial charge in [-0.05, 0) is 31.2 Å². The van der Waals surface area contributed by atoms with Crippen molar-refractivity contribution in [2.24, 2.45) is 5.92 Å². The van der Waals surface area contributed by atoms with Gasteiger partial charge in [-0.2, -0.15) is 0 Å². The fourth-order valence-electron chi connectivity index (χ4n) is 2.35. The van der Waals surface area contributed by atoms with Crippen LogP contribution in [-0.4, -0.2) is 22.1 Å².